The smallest absolute Gasteiger partial charge is 0.338 e. The van der Waals surface area contributed by atoms with Crippen molar-refractivity contribution in [3.63, 3.8) is 0 Å². The summed E-state index contributed by atoms with van der Waals surface area (Å²) in [6.07, 6.45) is 1.72. The van der Waals surface area contributed by atoms with Crippen LogP contribution < -0.4 is 5.73 Å². The minimum atomic E-state index is -0.595. The van der Waals surface area contributed by atoms with Gasteiger partial charge in [0, 0.05) is 11.9 Å². The predicted octanol–water partition coefficient (Wildman–Crippen LogP) is 1.66. The lowest BCUT2D eigenvalue weighted by Gasteiger charge is -2.25. The fraction of sp³-hybridized carbons (Fsp3) is 0.286. The van der Waals surface area contributed by atoms with Gasteiger partial charge in [0.1, 0.15) is 17.4 Å². The highest BCUT2D eigenvalue weighted by Crippen LogP contribution is 2.38. The molecule has 0 amide bonds. The Bertz CT molecular complexity index is 621. The molecule has 3 N–H and O–H groups in total. The molecule has 0 radical (unpaired) electrons. The number of aromatic amines is 1. The van der Waals surface area contributed by atoms with Crippen molar-refractivity contribution in [3.05, 3.63) is 46.8 Å². The number of nitrogens with one attached hydrogen (secondary N) is 1. The molecule has 0 aliphatic carbocycles. The number of nitrogens with two attached hydrogens (primary N) is 1. The molecule has 1 aliphatic rings. The molecule has 6 heteroatoms. The van der Waals surface area contributed by atoms with E-state index in [-0.39, 0.29) is 18.1 Å². The van der Waals surface area contributed by atoms with Gasteiger partial charge < -0.3 is 20.2 Å². The molecule has 0 fully saturated rings. The molecule has 1 aromatic heterocycles. The van der Waals surface area contributed by atoms with Gasteiger partial charge in [-0.2, -0.15) is 5.26 Å². The second-order valence-corrected chi connectivity index (χ2v) is 4.24. The summed E-state index contributed by atoms with van der Waals surface area (Å²) in [6, 6.07) is 5.58. The van der Waals surface area contributed by atoms with Gasteiger partial charge in [-0.15, -0.1) is 0 Å². The van der Waals surface area contributed by atoms with Crippen molar-refractivity contribution in [1.29, 1.82) is 5.26 Å². The number of aromatic nitrogens is 1. The van der Waals surface area contributed by atoms with E-state index in [0.29, 0.717) is 17.0 Å². The molecular formula is C14H15N3O3. The van der Waals surface area contributed by atoms with Crippen molar-refractivity contribution >= 4 is 5.97 Å². The highest BCUT2D eigenvalue weighted by molar-refractivity contribution is 5.92. The maximum Gasteiger partial charge on any atom is 0.338 e. The third kappa shape index (κ3) is 2.26. The molecule has 20 heavy (non-hydrogen) atoms. The molecule has 0 saturated carbocycles. The normalized spacial score (nSPS) is 18.6. The Hall–Kier alpha value is -2.68. The summed E-state index contributed by atoms with van der Waals surface area (Å²) >= 11 is 0. The van der Waals surface area contributed by atoms with Gasteiger partial charge in [0.05, 0.1) is 18.1 Å². The number of rotatable bonds is 3. The standard InChI is InChI=1S/C14H15N3O3/c1-3-19-14(18)11-8(2)20-13(16)9(7-15)12(11)10-5-4-6-17-10/h4-6,12,17H,3,16H2,1-2H3/t12-/m1/s1. The van der Waals surface area contributed by atoms with E-state index in [4.69, 9.17) is 15.2 Å². The second kappa shape index (κ2) is 5.53. The van der Waals surface area contributed by atoms with Gasteiger partial charge in [-0.25, -0.2) is 4.79 Å². The third-order valence-corrected chi connectivity index (χ3v) is 3.03. The lowest BCUT2D eigenvalue weighted by molar-refractivity contribution is -0.139. The van der Waals surface area contributed by atoms with E-state index >= 15 is 0 Å². The summed E-state index contributed by atoms with van der Waals surface area (Å²) in [4.78, 5) is 15.1. The van der Waals surface area contributed by atoms with E-state index in [1.54, 1.807) is 32.2 Å². The molecule has 2 rings (SSSR count). The van der Waals surface area contributed by atoms with Gasteiger partial charge in [0.2, 0.25) is 5.88 Å². The Morgan fingerprint density at radius 3 is 2.95 bits per heavy atom. The van der Waals surface area contributed by atoms with Gasteiger partial charge in [0.25, 0.3) is 0 Å². The largest absolute Gasteiger partial charge is 0.463 e. The summed E-state index contributed by atoms with van der Waals surface area (Å²) in [5, 5.41) is 9.29. The Kier molecular flexibility index (Phi) is 3.80. The second-order valence-electron chi connectivity index (χ2n) is 4.24. The first-order valence-corrected chi connectivity index (χ1v) is 6.18. The number of H-pyrrole nitrogens is 1. The molecule has 0 saturated heterocycles. The Balaban J connectivity index is 2.55. The van der Waals surface area contributed by atoms with Crippen LogP contribution in [0.3, 0.4) is 0 Å². The van der Waals surface area contributed by atoms with Crippen molar-refractivity contribution in [2.45, 2.75) is 19.8 Å². The van der Waals surface area contributed by atoms with Crippen LogP contribution in [0.25, 0.3) is 0 Å². The highest BCUT2D eigenvalue weighted by atomic mass is 16.5. The third-order valence-electron chi connectivity index (χ3n) is 3.03. The van der Waals surface area contributed by atoms with Gasteiger partial charge in [-0.05, 0) is 26.0 Å². The molecule has 0 unspecified atom stereocenters. The molecule has 104 valence electrons. The zero-order valence-corrected chi connectivity index (χ0v) is 11.3. The van der Waals surface area contributed by atoms with Crippen LogP contribution in [0.2, 0.25) is 0 Å². The van der Waals surface area contributed by atoms with Crippen molar-refractivity contribution < 1.29 is 14.3 Å². The van der Waals surface area contributed by atoms with Crippen molar-refractivity contribution in [2.24, 2.45) is 5.73 Å². The van der Waals surface area contributed by atoms with Crippen LogP contribution in [0.15, 0.2) is 41.1 Å². The Labute approximate surface area is 116 Å². The summed E-state index contributed by atoms with van der Waals surface area (Å²) in [5.74, 6) is -0.746. The monoisotopic (exact) mass is 273 g/mol. The number of hydrogen-bond donors (Lipinski definition) is 2. The molecule has 0 bridgehead atoms. The van der Waals surface area contributed by atoms with Crippen LogP contribution in [0, 0.1) is 11.3 Å². The van der Waals surface area contributed by atoms with Crippen LogP contribution in [0.4, 0.5) is 0 Å². The number of esters is 1. The van der Waals surface area contributed by atoms with Crippen LogP contribution in [0.5, 0.6) is 0 Å². The number of ether oxygens (including phenoxy) is 2. The number of carbonyl (C=O) groups excluding carboxylic acids is 1. The molecule has 2 heterocycles. The average Bonchev–Trinajstić information content (AvgIpc) is 2.91. The molecule has 1 atom stereocenters. The molecule has 1 aromatic rings. The number of hydrogen-bond acceptors (Lipinski definition) is 5. The number of carbonyl (C=O) groups is 1. The Morgan fingerprint density at radius 1 is 1.65 bits per heavy atom. The highest BCUT2D eigenvalue weighted by Gasteiger charge is 2.36. The first kappa shape index (κ1) is 13.7. The van der Waals surface area contributed by atoms with E-state index < -0.39 is 11.9 Å². The zero-order chi connectivity index (χ0) is 14.7. The van der Waals surface area contributed by atoms with Gasteiger partial charge in [-0.3, -0.25) is 0 Å². The van der Waals surface area contributed by atoms with E-state index in [2.05, 4.69) is 4.98 Å². The quantitative estimate of drug-likeness (QED) is 0.815. The summed E-state index contributed by atoms with van der Waals surface area (Å²) in [6.45, 7) is 3.59. The molecule has 6 nitrogen and oxygen atoms in total. The molecule has 0 spiro atoms. The first-order chi connectivity index (χ1) is 9.60. The lowest BCUT2D eigenvalue weighted by Crippen LogP contribution is -2.25. The van der Waals surface area contributed by atoms with E-state index in [1.807, 2.05) is 6.07 Å². The number of allylic oxidation sites excluding steroid dienone is 2. The summed E-state index contributed by atoms with van der Waals surface area (Å²) in [7, 11) is 0. The molecule has 1 aliphatic heterocycles. The van der Waals surface area contributed by atoms with Gasteiger partial charge in [-0.1, -0.05) is 0 Å². The zero-order valence-electron chi connectivity index (χ0n) is 11.3. The SMILES string of the molecule is CCOC(=O)C1=C(C)OC(N)=C(C#N)[C@@H]1c1ccc[nH]1. The minimum Gasteiger partial charge on any atom is -0.463 e. The minimum absolute atomic E-state index is 0.0117. The predicted molar refractivity (Wildman–Crippen MR) is 70.8 cm³/mol. The molecular weight excluding hydrogens is 258 g/mol. The topological polar surface area (TPSA) is 101 Å². The average molecular weight is 273 g/mol. The van der Waals surface area contributed by atoms with E-state index in [1.165, 1.54) is 0 Å². The first-order valence-electron chi connectivity index (χ1n) is 6.18. The molecule has 0 aromatic carbocycles. The van der Waals surface area contributed by atoms with Crippen LogP contribution in [-0.2, 0) is 14.3 Å². The number of nitrogens with zero attached hydrogens (tertiary/aromatic N) is 1. The van der Waals surface area contributed by atoms with E-state index in [9.17, 15) is 10.1 Å². The fourth-order valence-electron chi connectivity index (χ4n) is 2.19. The maximum absolute atomic E-state index is 12.1. The van der Waals surface area contributed by atoms with Crippen LogP contribution in [0.1, 0.15) is 25.5 Å². The Morgan fingerprint density at radius 2 is 2.40 bits per heavy atom. The van der Waals surface area contributed by atoms with Crippen LogP contribution >= 0.6 is 0 Å². The summed E-state index contributed by atoms with van der Waals surface area (Å²) in [5.41, 5.74) is 6.92. The van der Waals surface area contributed by atoms with Crippen molar-refractivity contribution in [1.82, 2.24) is 4.98 Å². The lowest BCUT2D eigenvalue weighted by atomic mass is 9.86. The van der Waals surface area contributed by atoms with Crippen LogP contribution in [-0.4, -0.2) is 17.6 Å². The maximum atomic E-state index is 12.1. The van der Waals surface area contributed by atoms with E-state index in [0.717, 1.165) is 0 Å². The fourth-order valence-corrected chi connectivity index (χ4v) is 2.19. The summed E-state index contributed by atoms with van der Waals surface area (Å²) < 4.78 is 10.3. The van der Waals surface area contributed by atoms with Gasteiger partial charge in [0.15, 0.2) is 0 Å². The number of nitriles is 1. The van der Waals surface area contributed by atoms with Gasteiger partial charge >= 0.3 is 5.97 Å². The van der Waals surface area contributed by atoms with Crippen molar-refractivity contribution in [3.8, 4) is 6.07 Å². The van der Waals surface area contributed by atoms with Crippen molar-refractivity contribution in [2.75, 3.05) is 6.61 Å².